The van der Waals surface area contributed by atoms with Crippen molar-refractivity contribution in [3.63, 3.8) is 0 Å². The van der Waals surface area contributed by atoms with Crippen molar-refractivity contribution in [3.8, 4) is 0 Å². The number of carbonyl (C=O) groups excluding carboxylic acids is 1. The van der Waals surface area contributed by atoms with Gasteiger partial charge in [0.05, 0.1) is 0 Å². The van der Waals surface area contributed by atoms with E-state index in [1.54, 1.807) is 20.8 Å². The first-order chi connectivity index (χ1) is 8.11. The van der Waals surface area contributed by atoms with Gasteiger partial charge < -0.3 is 14.7 Å². The van der Waals surface area contributed by atoms with Gasteiger partial charge >= 0.3 is 12.1 Å². The third-order valence-corrected chi connectivity index (χ3v) is 2.92. The molecule has 1 saturated heterocycles. The lowest BCUT2D eigenvalue weighted by Gasteiger charge is -2.27. The highest BCUT2D eigenvalue weighted by Crippen LogP contribution is 2.23. The fourth-order valence-corrected chi connectivity index (χ4v) is 1.94. The normalized spacial score (nSPS) is 24.4. The molecule has 2 atom stereocenters. The smallest absolute Gasteiger partial charge is 0.411 e. The summed E-state index contributed by atoms with van der Waals surface area (Å²) in [7, 11) is 3.75. The first-order valence-corrected chi connectivity index (χ1v) is 6.00. The van der Waals surface area contributed by atoms with E-state index in [1.165, 1.54) is 4.90 Å². The number of hydrogen-bond donors (Lipinski definition) is 1. The molecule has 0 saturated carbocycles. The number of ether oxygens (including phenoxy) is 1. The van der Waals surface area contributed by atoms with Crippen LogP contribution in [-0.2, 0) is 9.53 Å². The van der Waals surface area contributed by atoms with Crippen LogP contribution in [0.15, 0.2) is 0 Å². The second-order valence-corrected chi connectivity index (χ2v) is 5.84. The first-order valence-electron chi connectivity index (χ1n) is 6.00. The number of carbonyl (C=O) groups is 2. The Bertz CT molecular complexity index is 335. The number of likely N-dealkylation sites (tertiary alicyclic amines) is 1. The molecule has 0 radical (unpaired) electrons. The molecular weight excluding hydrogens is 236 g/mol. The quantitative estimate of drug-likeness (QED) is 0.800. The molecule has 1 amide bonds. The first kappa shape index (κ1) is 14.8. The summed E-state index contributed by atoms with van der Waals surface area (Å²) in [5.41, 5.74) is -0.615. The number of carboxylic acid groups (broad SMARTS) is 1. The molecular formula is C12H22N2O4. The third kappa shape index (κ3) is 3.60. The van der Waals surface area contributed by atoms with E-state index in [1.807, 2.05) is 19.0 Å². The molecule has 0 spiro atoms. The van der Waals surface area contributed by atoms with Crippen LogP contribution >= 0.6 is 0 Å². The molecule has 1 heterocycles. The lowest BCUT2D eigenvalue weighted by Crippen LogP contribution is -2.43. The highest BCUT2D eigenvalue weighted by molar-refractivity contribution is 5.81. The number of hydrogen-bond acceptors (Lipinski definition) is 4. The Labute approximate surface area is 107 Å². The van der Waals surface area contributed by atoms with Gasteiger partial charge in [0.1, 0.15) is 11.6 Å². The molecule has 0 aromatic rings. The Hall–Kier alpha value is -1.30. The SMILES string of the molecule is CN(C)[C@@H]1C[C@H](C(=O)O)N(C(=O)OC(C)(C)C)C1. The van der Waals surface area contributed by atoms with Gasteiger partial charge in [-0.25, -0.2) is 9.59 Å². The molecule has 0 aromatic carbocycles. The number of amides is 1. The molecule has 6 heteroatoms. The predicted octanol–water partition coefficient (Wildman–Crippen LogP) is 1.01. The van der Waals surface area contributed by atoms with E-state index in [0.29, 0.717) is 13.0 Å². The molecule has 1 rings (SSSR count). The topological polar surface area (TPSA) is 70.1 Å². The molecule has 1 fully saturated rings. The van der Waals surface area contributed by atoms with E-state index < -0.39 is 23.7 Å². The highest BCUT2D eigenvalue weighted by atomic mass is 16.6. The highest BCUT2D eigenvalue weighted by Gasteiger charge is 2.42. The minimum Gasteiger partial charge on any atom is -0.480 e. The number of carboxylic acids is 1. The van der Waals surface area contributed by atoms with Crippen molar-refractivity contribution >= 4 is 12.1 Å². The van der Waals surface area contributed by atoms with Gasteiger partial charge in [0, 0.05) is 12.6 Å². The van der Waals surface area contributed by atoms with Gasteiger partial charge in [0.25, 0.3) is 0 Å². The van der Waals surface area contributed by atoms with Gasteiger partial charge in [-0.05, 0) is 41.3 Å². The number of rotatable bonds is 2. The van der Waals surface area contributed by atoms with E-state index in [-0.39, 0.29) is 6.04 Å². The van der Waals surface area contributed by atoms with E-state index in [4.69, 9.17) is 9.84 Å². The van der Waals surface area contributed by atoms with Crippen molar-refractivity contribution in [1.29, 1.82) is 0 Å². The predicted molar refractivity (Wildman–Crippen MR) is 66.5 cm³/mol. The zero-order valence-corrected chi connectivity index (χ0v) is 11.6. The van der Waals surface area contributed by atoms with E-state index >= 15 is 0 Å². The second-order valence-electron chi connectivity index (χ2n) is 5.84. The lowest BCUT2D eigenvalue weighted by molar-refractivity contribution is -0.142. The zero-order valence-electron chi connectivity index (χ0n) is 11.6. The summed E-state index contributed by atoms with van der Waals surface area (Å²) in [6, 6.07) is -0.745. The molecule has 18 heavy (non-hydrogen) atoms. The van der Waals surface area contributed by atoms with Crippen LogP contribution in [0.3, 0.4) is 0 Å². The Morgan fingerprint density at radius 3 is 2.28 bits per heavy atom. The van der Waals surface area contributed by atoms with Gasteiger partial charge in [-0.15, -0.1) is 0 Å². The maximum atomic E-state index is 12.0. The van der Waals surface area contributed by atoms with Gasteiger partial charge in [-0.3, -0.25) is 4.90 Å². The van der Waals surface area contributed by atoms with Crippen LogP contribution in [0.2, 0.25) is 0 Å². The number of nitrogens with zero attached hydrogens (tertiary/aromatic N) is 2. The van der Waals surface area contributed by atoms with E-state index in [9.17, 15) is 9.59 Å². The van der Waals surface area contributed by atoms with Crippen LogP contribution in [0.1, 0.15) is 27.2 Å². The Morgan fingerprint density at radius 2 is 1.89 bits per heavy atom. The van der Waals surface area contributed by atoms with Crippen LogP contribution in [0.4, 0.5) is 4.79 Å². The molecule has 1 N–H and O–H groups in total. The zero-order chi connectivity index (χ0) is 14.1. The van der Waals surface area contributed by atoms with Crippen molar-refractivity contribution in [2.45, 2.75) is 44.9 Å². The van der Waals surface area contributed by atoms with E-state index in [2.05, 4.69) is 0 Å². The van der Waals surface area contributed by atoms with Crippen LogP contribution in [0.5, 0.6) is 0 Å². The van der Waals surface area contributed by atoms with Gasteiger partial charge in [0.2, 0.25) is 0 Å². The minimum atomic E-state index is -0.981. The summed E-state index contributed by atoms with van der Waals surface area (Å²) in [5, 5.41) is 9.16. The third-order valence-electron chi connectivity index (χ3n) is 2.92. The second kappa shape index (κ2) is 5.14. The molecule has 6 nitrogen and oxygen atoms in total. The molecule has 0 aliphatic carbocycles. The standard InChI is InChI=1S/C12H22N2O4/c1-12(2,3)18-11(17)14-7-8(13(4)5)6-9(14)10(15)16/h8-9H,6-7H2,1-5H3,(H,15,16)/t8-,9-/m1/s1. The molecule has 1 aliphatic heterocycles. The summed E-state index contributed by atoms with van der Waals surface area (Å²) < 4.78 is 5.24. The summed E-state index contributed by atoms with van der Waals surface area (Å²) in [6.07, 6.45) is -0.124. The van der Waals surface area contributed by atoms with Crippen LogP contribution < -0.4 is 0 Å². The Morgan fingerprint density at radius 1 is 1.33 bits per heavy atom. The molecule has 0 unspecified atom stereocenters. The van der Waals surface area contributed by atoms with Crippen LogP contribution in [0, 0.1) is 0 Å². The summed E-state index contributed by atoms with van der Waals surface area (Å²) in [6.45, 7) is 5.68. The van der Waals surface area contributed by atoms with Crippen molar-refractivity contribution in [2.24, 2.45) is 0 Å². The van der Waals surface area contributed by atoms with Crippen LogP contribution in [0.25, 0.3) is 0 Å². The van der Waals surface area contributed by atoms with E-state index in [0.717, 1.165) is 0 Å². The molecule has 104 valence electrons. The van der Waals surface area contributed by atoms with Crippen molar-refractivity contribution in [1.82, 2.24) is 9.80 Å². The molecule has 0 bridgehead atoms. The maximum Gasteiger partial charge on any atom is 0.411 e. The van der Waals surface area contributed by atoms with Gasteiger partial charge in [-0.1, -0.05) is 0 Å². The monoisotopic (exact) mass is 258 g/mol. The lowest BCUT2D eigenvalue weighted by atomic mass is 10.1. The largest absolute Gasteiger partial charge is 0.480 e. The summed E-state index contributed by atoms with van der Waals surface area (Å²) in [4.78, 5) is 26.4. The van der Waals surface area contributed by atoms with Crippen molar-refractivity contribution < 1.29 is 19.4 Å². The van der Waals surface area contributed by atoms with Crippen LogP contribution in [-0.4, -0.2) is 65.3 Å². The number of aliphatic carboxylic acids is 1. The maximum absolute atomic E-state index is 12.0. The fraction of sp³-hybridized carbons (Fsp3) is 0.833. The molecule has 1 aliphatic rings. The van der Waals surface area contributed by atoms with Gasteiger partial charge in [0.15, 0.2) is 0 Å². The molecule has 0 aromatic heterocycles. The average Bonchev–Trinajstić information content (AvgIpc) is 2.58. The average molecular weight is 258 g/mol. The minimum absolute atomic E-state index is 0.0543. The van der Waals surface area contributed by atoms with Crippen molar-refractivity contribution in [2.75, 3.05) is 20.6 Å². The van der Waals surface area contributed by atoms with Gasteiger partial charge in [-0.2, -0.15) is 0 Å². The fourth-order valence-electron chi connectivity index (χ4n) is 1.94. The number of likely N-dealkylation sites (N-methyl/N-ethyl adjacent to an activating group) is 1. The Balaban J connectivity index is 2.78. The van der Waals surface area contributed by atoms with Crippen molar-refractivity contribution in [3.05, 3.63) is 0 Å². The Kier molecular flexibility index (Phi) is 4.21. The summed E-state index contributed by atoms with van der Waals surface area (Å²) in [5.74, 6) is -0.981. The summed E-state index contributed by atoms with van der Waals surface area (Å²) >= 11 is 0.